The van der Waals surface area contributed by atoms with E-state index in [2.05, 4.69) is 24.8 Å². The lowest BCUT2D eigenvalue weighted by Gasteiger charge is -2.11. The van der Waals surface area contributed by atoms with E-state index in [9.17, 15) is 0 Å². The van der Waals surface area contributed by atoms with Crippen LogP contribution in [0.1, 0.15) is 13.8 Å². The molecule has 1 aliphatic rings. The highest BCUT2D eigenvalue weighted by atomic mass is 15.1. The number of nitrogens with two attached hydrogens (primary N) is 1. The molecule has 1 fully saturated rings. The molecule has 1 heterocycles. The molecule has 2 N–H and O–H groups in total. The van der Waals surface area contributed by atoms with Crippen LogP contribution in [0.5, 0.6) is 0 Å². The van der Waals surface area contributed by atoms with Gasteiger partial charge in [0.15, 0.2) is 0 Å². The lowest BCUT2D eigenvalue weighted by atomic mass is 10.0. The predicted molar refractivity (Wildman–Crippen MR) is 53.0 cm³/mol. The summed E-state index contributed by atoms with van der Waals surface area (Å²) < 4.78 is 0. The van der Waals surface area contributed by atoms with Gasteiger partial charge in [-0.25, -0.2) is 0 Å². The van der Waals surface area contributed by atoms with Crippen molar-refractivity contribution in [3.05, 3.63) is 12.2 Å². The molecule has 2 nitrogen and oxygen atoms in total. The minimum absolute atomic E-state index is 0.666. The predicted octanol–water partition coefficient (Wildman–Crippen LogP) is 1.09. The third-order valence-electron chi connectivity index (χ3n) is 2.73. The lowest BCUT2D eigenvalue weighted by molar-refractivity contribution is 0.359. The molecule has 2 heteroatoms. The van der Waals surface area contributed by atoms with Crippen molar-refractivity contribution in [1.29, 1.82) is 0 Å². The van der Waals surface area contributed by atoms with E-state index in [0.717, 1.165) is 18.4 Å². The molecular weight excluding hydrogens is 148 g/mol. The summed E-state index contributed by atoms with van der Waals surface area (Å²) in [5, 5.41) is 0. The molecular formula is C10H20N2. The van der Waals surface area contributed by atoms with E-state index in [0.29, 0.717) is 6.54 Å². The van der Waals surface area contributed by atoms with Gasteiger partial charge in [0, 0.05) is 26.2 Å². The van der Waals surface area contributed by atoms with E-state index in [4.69, 9.17) is 5.73 Å². The maximum absolute atomic E-state index is 5.36. The number of hydrogen-bond acceptors (Lipinski definition) is 2. The Hall–Kier alpha value is -0.340. The number of rotatable bonds is 3. The van der Waals surface area contributed by atoms with Crippen molar-refractivity contribution in [3.8, 4) is 0 Å². The Morgan fingerprint density at radius 2 is 1.83 bits per heavy atom. The van der Waals surface area contributed by atoms with Crippen molar-refractivity contribution < 1.29 is 0 Å². The van der Waals surface area contributed by atoms with Gasteiger partial charge in [0.1, 0.15) is 0 Å². The highest BCUT2D eigenvalue weighted by molar-refractivity contribution is 4.89. The molecule has 1 aliphatic heterocycles. The van der Waals surface area contributed by atoms with Crippen molar-refractivity contribution in [2.75, 3.05) is 26.2 Å². The van der Waals surface area contributed by atoms with Crippen LogP contribution < -0.4 is 5.73 Å². The highest BCUT2D eigenvalue weighted by Crippen LogP contribution is 2.21. The zero-order valence-electron chi connectivity index (χ0n) is 8.16. The summed E-state index contributed by atoms with van der Waals surface area (Å²) in [5.74, 6) is 1.72. The molecule has 0 aromatic heterocycles. The normalized spacial score (nSPS) is 31.9. The van der Waals surface area contributed by atoms with Gasteiger partial charge in [-0.15, -0.1) is 0 Å². The molecule has 0 aromatic carbocycles. The average Bonchev–Trinajstić information content (AvgIpc) is 2.32. The van der Waals surface area contributed by atoms with Gasteiger partial charge in [-0.3, -0.25) is 4.90 Å². The molecule has 1 saturated heterocycles. The highest BCUT2D eigenvalue weighted by Gasteiger charge is 2.24. The van der Waals surface area contributed by atoms with E-state index in [1.165, 1.54) is 13.1 Å². The summed E-state index contributed by atoms with van der Waals surface area (Å²) in [7, 11) is 0. The largest absolute Gasteiger partial charge is 0.327 e. The first kappa shape index (κ1) is 9.75. The van der Waals surface area contributed by atoms with Crippen LogP contribution in [0.4, 0.5) is 0 Å². The van der Waals surface area contributed by atoms with E-state index in [1.54, 1.807) is 0 Å². The van der Waals surface area contributed by atoms with Gasteiger partial charge >= 0.3 is 0 Å². The standard InChI is InChI=1S/C10H20N2/c1-9-7-12(8-10(9)2)6-4-3-5-11/h3-4,9-10H,5-8,11H2,1-2H3. The van der Waals surface area contributed by atoms with Gasteiger partial charge in [-0.2, -0.15) is 0 Å². The second kappa shape index (κ2) is 4.63. The van der Waals surface area contributed by atoms with Gasteiger partial charge in [0.25, 0.3) is 0 Å². The fourth-order valence-electron chi connectivity index (χ4n) is 1.72. The molecule has 0 bridgehead atoms. The van der Waals surface area contributed by atoms with Crippen molar-refractivity contribution in [2.45, 2.75) is 13.8 Å². The SMILES string of the molecule is CC1CN(CC=CCN)CC1C. The van der Waals surface area contributed by atoms with Crippen molar-refractivity contribution in [3.63, 3.8) is 0 Å². The smallest absolute Gasteiger partial charge is 0.0163 e. The Balaban J connectivity index is 2.23. The van der Waals surface area contributed by atoms with Crippen molar-refractivity contribution >= 4 is 0 Å². The van der Waals surface area contributed by atoms with Crippen LogP contribution in [0.25, 0.3) is 0 Å². The number of nitrogens with zero attached hydrogens (tertiary/aromatic N) is 1. The fourth-order valence-corrected chi connectivity index (χ4v) is 1.72. The average molecular weight is 168 g/mol. The van der Waals surface area contributed by atoms with E-state index in [-0.39, 0.29) is 0 Å². The zero-order chi connectivity index (χ0) is 8.97. The first-order valence-corrected chi connectivity index (χ1v) is 4.81. The van der Waals surface area contributed by atoms with Gasteiger partial charge in [-0.05, 0) is 11.8 Å². The topological polar surface area (TPSA) is 29.3 Å². The summed E-state index contributed by atoms with van der Waals surface area (Å²) >= 11 is 0. The Kier molecular flexibility index (Phi) is 3.76. The fraction of sp³-hybridized carbons (Fsp3) is 0.800. The third kappa shape index (κ3) is 2.61. The summed E-state index contributed by atoms with van der Waals surface area (Å²) in [6, 6.07) is 0. The van der Waals surface area contributed by atoms with Crippen LogP contribution in [0.3, 0.4) is 0 Å². The number of likely N-dealkylation sites (tertiary alicyclic amines) is 1. The molecule has 2 atom stereocenters. The quantitative estimate of drug-likeness (QED) is 0.639. The van der Waals surface area contributed by atoms with Gasteiger partial charge < -0.3 is 5.73 Å². The van der Waals surface area contributed by atoms with Crippen LogP contribution >= 0.6 is 0 Å². The zero-order valence-corrected chi connectivity index (χ0v) is 8.16. The van der Waals surface area contributed by atoms with Gasteiger partial charge in [0.2, 0.25) is 0 Å². The second-order valence-corrected chi connectivity index (χ2v) is 3.88. The first-order chi connectivity index (χ1) is 5.74. The van der Waals surface area contributed by atoms with Crippen LogP contribution in [0.2, 0.25) is 0 Å². The molecule has 2 unspecified atom stereocenters. The van der Waals surface area contributed by atoms with Crippen molar-refractivity contribution in [1.82, 2.24) is 4.90 Å². The minimum atomic E-state index is 0.666. The van der Waals surface area contributed by atoms with Crippen LogP contribution in [0.15, 0.2) is 12.2 Å². The Bertz CT molecular complexity index is 144. The minimum Gasteiger partial charge on any atom is -0.327 e. The summed E-state index contributed by atoms with van der Waals surface area (Å²) in [4.78, 5) is 2.49. The molecule has 12 heavy (non-hydrogen) atoms. The summed E-state index contributed by atoms with van der Waals surface area (Å²) in [5.41, 5.74) is 5.36. The Morgan fingerprint density at radius 1 is 1.25 bits per heavy atom. The molecule has 0 aliphatic carbocycles. The third-order valence-corrected chi connectivity index (χ3v) is 2.73. The molecule has 1 rings (SSSR count). The lowest BCUT2D eigenvalue weighted by Crippen LogP contribution is -2.20. The monoisotopic (exact) mass is 168 g/mol. The van der Waals surface area contributed by atoms with Crippen LogP contribution in [-0.2, 0) is 0 Å². The Morgan fingerprint density at radius 3 is 2.33 bits per heavy atom. The molecule has 0 radical (unpaired) electrons. The van der Waals surface area contributed by atoms with E-state index >= 15 is 0 Å². The van der Waals surface area contributed by atoms with Crippen LogP contribution in [0, 0.1) is 11.8 Å². The van der Waals surface area contributed by atoms with Crippen molar-refractivity contribution in [2.24, 2.45) is 17.6 Å². The second-order valence-electron chi connectivity index (χ2n) is 3.88. The molecule has 0 amide bonds. The molecule has 0 saturated carbocycles. The summed E-state index contributed by atoms with van der Waals surface area (Å²) in [6.45, 7) is 8.89. The maximum Gasteiger partial charge on any atom is 0.0163 e. The Labute approximate surface area is 75.4 Å². The maximum atomic E-state index is 5.36. The van der Waals surface area contributed by atoms with E-state index < -0.39 is 0 Å². The number of hydrogen-bond donors (Lipinski definition) is 1. The molecule has 70 valence electrons. The summed E-state index contributed by atoms with van der Waals surface area (Å²) in [6.07, 6.45) is 4.21. The van der Waals surface area contributed by atoms with E-state index in [1.807, 2.05) is 6.08 Å². The van der Waals surface area contributed by atoms with Gasteiger partial charge in [-0.1, -0.05) is 26.0 Å². The molecule has 0 spiro atoms. The van der Waals surface area contributed by atoms with Crippen LogP contribution in [-0.4, -0.2) is 31.1 Å². The van der Waals surface area contributed by atoms with Gasteiger partial charge in [0.05, 0.1) is 0 Å². The molecule has 0 aromatic rings. The first-order valence-electron chi connectivity index (χ1n) is 4.81.